The minimum atomic E-state index is -3.83. The van der Waals surface area contributed by atoms with Crippen molar-refractivity contribution in [2.45, 2.75) is 49.7 Å². The summed E-state index contributed by atoms with van der Waals surface area (Å²) in [6.45, 7) is -1.41. The van der Waals surface area contributed by atoms with E-state index >= 15 is 8.78 Å². The van der Waals surface area contributed by atoms with Crippen molar-refractivity contribution >= 4 is 44.3 Å². The number of anilines is 1. The van der Waals surface area contributed by atoms with Gasteiger partial charge in [-0.3, -0.25) is 18.9 Å². The summed E-state index contributed by atoms with van der Waals surface area (Å²) in [7, 11) is -2.32. The molecule has 0 spiro atoms. The summed E-state index contributed by atoms with van der Waals surface area (Å²) in [6.07, 6.45) is -2.59. The third-order valence-corrected chi connectivity index (χ3v) is 10.4. The van der Waals surface area contributed by atoms with Crippen LogP contribution in [0.25, 0.3) is 22.0 Å². The Morgan fingerprint density at radius 2 is 1.80 bits per heavy atom. The highest BCUT2D eigenvalue weighted by atomic mass is 35.5. The maximum atomic E-state index is 15.4. The molecule has 4 atom stereocenters. The number of benzene rings is 2. The molecule has 0 radical (unpaired) electrons. The highest BCUT2D eigenvalue weighted by Gasteiger charge is 2.67. The zero-order valence-corrected chi connectivity index (χ0v) is 30.9. The smallest absolute Gasteiger partial charge is 0.293 e. The fourth-order valence-corrected chi connectivity index (χ4v) is 7.96. The van der Waals surface area contributed by atoms with Crippen molar-refractivity contribution in [3.8, 4) is 23.0 Å². The van der Waals surface area contributed by atoms with Crippen molar-refractivity contribution < 1.29 is 44.7 Å². The molecular formula is C36H31ClF6N8O4S. The first-order chi connectivity index (χ1) is 26.4. The average molecular weight is 821 g/mol. The fourth-order valence-electron chi connectivity index (χ4n) is 7.23. The first kappa shape index (κ1) is 39.1. The van der Waals surface area contributed by atoms with E-state index in [0.717, 1.165) is 18.4 Å². The highest BCUT2D eigenvalue weighted by molar-refractivity contribution is 7.92. The van der Waals surface area contributed by atoms with Gasteiger partial charge < -0.3 is 16.2 Å². The molecule has 20 heteroatoms. The normalized spacial score (nSPS) is 17.9. The molecule has 1 amide bonds. The second-order valence-electron chi connectivity index (χ2n) is 13.6. The lowest BCUT2D eigenvalue weighted by Crippen LogP contribution is -2.35. The van der Waals surface area contributed by atoms with E-state index in [-0.39, 0.29) is 57.1 Å². The Labute approximate surface area is 320 Å². The number of sulfonamides is 1. The van der Waals surface area contributed by atoms with E-state index in [1.54, 1.807) is 12.1 Å². The number of pyridine rings is 1. The van der Waals surface area contributed by atoms with Gasteiger partial charge in [-0.2, -0.15) is 19.0 Å². The van der Waals surface area contributed by atoms with Crippen LogP contribution < -0.4 is 15.8 Å². The van der Waals surface area contributed by atoms with E-state index < -0.39 is 88.4 Å². The van der Waals surface area contributed by atoms with Gasteiger partial charge in [0.2, 0.25) is 15.9 Å². The van der Waals surface area contributed by atoms with Gasteiger partial charge in [-0.05, 0) is 60.6 Å². The predicted molar refractivity (Wildman–Crippen MR) is 192 cm³/mol. The average Bonchev–Trinajstić information content (AvgIpc) is 3.65. The molecule has 5 N–H and O–H groups in total. The lowest BCUT2D eigenvalue weighted by molar-refractivity contribution is -0.123. The Balaban J connectivity index is 1.38. The molecular weight excluding hydrogens is 790 g/mol. The van der Waals surface area contributed by atoms with E-state index in [0.29, 0.717) is 21.8 Å². The number of nitrogens with zero attached hydrogens (tertiary/aromatic N) is 5. The molecule has 2 aliphatic rings. The van der Waals surface area contributed by atoms with Crippen LogP contribution in [-0.4, -0.2) is 62.9 Å². The molecule has 2 aliphatic carbocycles. The fraction of sp³-hybridized carbons (Fsp3) is 0.333. The molecule has 3 aromatic heterocycles. The summed E-state index contributed by atoms with van der Waals surface area (Å²) in [5.41, 5.74) is 4.93. The number of aliphatic hydroxyl groups excluding tert-OH is 1. The number of amides is 1. The second kappa shape index (κ2) is 14.4. The van der Waals surface area contributed by atoms with Gasteiger partial charge in [-0.1, -0.05) is 23.6 Å². The quantitative estimate of drug-likeness (QED) is 0.106. The number of hydrogen-bond acceptors (Lipinski definition) is 8. The molecule has 56 heavy (non-hydrogen) atoms. The number of nitrogens with one attached hydrogen (secondary N) is 2. The van der Waals surface area contributed by atoms with Crippen molar-refractivity contribution in [2.75, 3.05) is 17.6 Å². The van der Waals surface area contributed by atoms with Gasteiger partial charge >= 0.3 is 0 Å². The number of carbonyl (C=O) groups excluding carboxylic acids is 1. The first-order valence-electron chi connectivity index (χ1n) is 16.9. The van der Waals surface area contributed by atoms with Crippen molar-refractivity contribution in [1.82, 2.24) is 29.9 Å². The lowest BCUT2D eigenvalue weighted by atomic mass is 9.93. The Kier molecular flexibility index (Phi) is 10.1. The maximum absolute atomic E-state index is 15.4. The Bertz CT molecular complexity index is 2570. The summed E-state index contributed by atoms with van der Waals surface area (Å²) >= 11 is 6.56. The minimum Gasteiger partial charge on any atom is -0.394 e. The van der Waals surface area contributed by atoms with Crippen LogP contribution >= 0.6 is 11.6 Å². The van der Waals surface area contributed by atoms with E-state index in [9.17, 15) is 35.9 Å². The summed E-state index contributed by atoms with van der Waals surface area (Å²) in [5.74, 6) is -3.11. The molecule has 3 heterocycles. The van der Waals surface area contributed by atoms with E-state index in [2.05, 4.69) is 37.1 Å². The zero-order valence-electron chi connectivity index (χ0n) is 29.3. The largest absolute Gasteiger partial charge is 0.394 e. The third-order valence-electron chi connectivity index (χ3n) is 9.50. The van der Waals surface area contributed by atoms with Gasteiger partial charge in [-0.25, -0.2) is 31.0 Å². The number of alkyl halides is 4. The van der Waals surface area contributed by atoms with Crippen LogP contribution in [0.5, 0.6) is 0 Å². The van der Waals surface area contributed by atoms with Crippen molar-refractivity contribution in [2.24, 2.45) is 18.7 Å². The number of aryl methyl sites for hydroxylation is 1. The predicted octanol–water partition coefficient (Wildman–Crippen LogP) is 5.05. The third kappa shape index (κ3) is 7.41. The van der Waals surface area contributed by atoms with E-state index in [4.69, 9.17) is 17.3 Å². The Hall–Kier alpha value is -5.16. The molecule has 5 aromatic rings. The van der Waals surface area contributed by atoms with Crippen LogP contribution in [0.4, 0.5) is 32.2 Å². The van der Waals surface area contributed by atoms with Gasteiger partial charge in [0, 0.05) is 35.7 Å². The maximum Gasteiger partial charge on any atom is 0.293 e. The topological polar surface area (TPSA) is 170 Å². The SMILES string of the molecule is Cn1nc(NS(C)(=O)=O)c2c(Cl)ccc(-c3ccc(C#C[C@@H](N)CO)nc3[C@H](Cc3cc(F)cc(F)c3)NC(=O)Cn3nc(C(F)F)c4c3C(F)(F)[C@@H]3C[C@H]43)c21. The van der Waals surface area contributed by atoms with Gasteiger partial charge in [0.05, 0.1) is 46.6 Å². The van der Waals surface area contributed by atoms with Crippen LogP contribution in [0.2, 0.25) is 5.02 Å². The number of halogens is 7. The lowest BCUT2D eigenvalue weighted by Gasteiger charge is -2.23. The van der Waals surface area contributed by atoms with Crippen LogP contribution in [0.1, 0.15) is 58.7 Å². The summed E-state index contributed by atoms with van der Waals surface area (Å²) in [5, 5.41) is 20.4. The number of nitrogens with two attached hydrogens (primary N) is 1. The number of hydrogen-bond donors (Lipinski definition) is 4. The molecule has 7 rings (SSSR count). The van der Waals surface area contributed by atoms with Gasteiger partial charge in [-0.15, -0.1) is 0 Å². The molecule has 0 aliphatic heterocycles. The monoisotopic (exact) mass is 820 g/mol. The second-order valence-corrected chi connectivity index (χ2v) is 15.8. The van der Waals surface area contributed by atoms with Crippen LogP contribution in [0, 0.1) is 29.4 Å². The Morgan fingerprint density at radius 1 is 1.11 bits per heavy atom. The summed E-state index contributed by atoms with van der Waals surface area (Å²) < 4.78 is 116. The van der Waals surface area contributed by atoms with Crippen LogP contribution in [0.15, 0.2) is 42.5 Å². The number of carbonyl (C=O) groups is 1. The first-order valence-corrected chi connectivity index (χ1v) is 19.2. The zero-order chi connectivity index (χ0) is 40.4. The minimum absolute atomic E-state index is 0.0142. The molecule has 1 fully saturated rings. The number of aromatic nitrogens is 5. The van der Waals surface area contributed by atoms with Crippen LogP contribution in [0.3, 0.4) is 0 Å². The molecule has 0 unspecified atom stereocenters. The standard InChI is InChI=1S/C36H31ClF6N8O4S/c1-50-32-22(7-8-25(37)29(32)35(48-50)49-56(2,54)55)21-6-5-20(4-3-19(44)15-52)45-30(21)26(11-16-9-17(38)12-18(39)10-16)46-27(53)14-51-33-28(31(47-51)34(40)41)23-13-24(23)36(33,42)43/h5-10,12,19,23-24,26,34,52H,11,13-15,44H2,1-2H3,(H,46,53)(H,48,49)/t19-,23+,24-,26+/m1/s1. The molecule has 2 aromatic carbocycles. The van der Waals surface area contributed by atoms with Crippen LogP contribution in [-0.2, 0) is 40.8 Å². The molecule has 0 bridgehead atoms. The van der Waals surface area contributed by atoms with Gasteiger partial charge in [0.1, 0.15) is 35.3 Å². The molecule has 12 nitrogen and oxygen atoms in total. The number of rotatable bonds is 11. The van der Waals surface area contributed by atoms with Gasteiger partial charge in [0.15, 0.2) is 5.82 Å². The number of fused-ring (bicyclic) bond motifs is 4. The van der Waals surface area contributed by atoms with Crippen molar-refractivity contribution in [1.29, 1.82) is 0 Å². The highest BCUT2D eigenvalue weighted by Crippen LogP contribution is 2.68. The molecule has 294 valence electrons. The number of aliphatic hydroxyl groups is 1. The Morgan fingerprint density at radius 3 is 2.46 bits per heavy atom. The van der Waals surface area contributed by atoms with Gasteiger partial charge in [0.25, 0.3) is 12.3 Å². The van der Waals surface area contributed by atoms with E-state index in [1.807, 2.05) is 0 Å². The summed E-state index contributed by atoms with van der Waals surface area (Å²) in [4.78, 5) is 18.6. The van der Waals surface area contributed by atoms with Crippen molar-refractivity contribution in [3.05, 3.63) is 93.0 Å². The van der Waals surface area contributed by atoms with Crippen molar-refractivity contribution in [3.63, 3.8) is 0 Å². The molecule has 1 saturated carbocycles. The summed E-state index contributed by atoms with van der Waals surface area (Å²) in [6, 6.07) is 6.43. The molecule has 0 saturated heterocycles. The van der Waals surface area contributed by atoms with E-state index in [1.165, 1.54) is 23.9 Å².